The van der Waals surface area contributed by atoms with Crippen molar-refractivity contribution in [2.75, 3.05) is 13.7 Å². The van der Waals surface area contributed by atoms with Gasteiger partial charge in [-0.3, -0.25) is 4.79 Å². The average Bonchev–Trinajstić information content (AvgIpc) is 2.78. The third-order valence-corrected chi connectivity index (χ3v) is 3.41. The van der Waals surface area contributed by atoms with E-state index in [9.17, 15) is 4.79 Å². The highest BCUT2D eigenvalue weighted by atomic mass is 16.5. The fraction of sp³-hybridized carbons (Fsp3) is 0.500. The molecule has 1 aromatic carbocycles. The number of esters is 1. The maximum atomic E-state index is 11.9. The van der Waals surface area contributed by atoms with Gasteiger partial charge in [0, 0.05) is 6.42 Å². The van der Waals surface area contributed by atoms with Crippen LogP contribution in [0.5, 0.6) is 0 Å². The summed E-state index contributed by atoms with van der Waals surface area (Å²) in [5.41, 5.74) is 1.90. The third-order valence-electron chi connectivity index (χ3n) is 3.41. The molecule has 92 valence electrons. The molecule has 2 rings (SSSR count). The first-order valence-corrected chi connectivity index (χ1v) is 6.05. The molecule has 1 fully saturated rings. The van der Waals surface area contributed by atoms with Crippen LogP contribution in [0, 0.1) is 6.92 Å². The monoisotopic (exact) mass is 233 g/mol. The van der Waals surface area contributed by atoms with Gasteiger partial charge in [-0.05, 0) is 31.9 Å². The number of benzene rings is 1. The summed E-state index contributed by atoms with van der Waals surface area (Å²) in [4.78, 5) is 11.9. The van der Waals surface area contributed by atoms with Gasteiger partial charge in [0.05, 0.1) is 7.11 Å². The minimum absolute atomic E-state index is 0.142. The predicted octanol–water partition coefficient (Wildman–Crippen LogP) is 1.83. The minimum Gasteiger partial charge on any atom is -0.468 e. The van der Waals surface area contributed by atoms with E-state index in [0.29, 0.717) is 6.42 Å². The summed E-state index contributed by atoms with van der Waals surface area (Å²) >= 11 is 0. The van der Waals surface area contributed by atoms with E-state index in [1.54, 1.807) is 0 Å². The molecule has 3 nitrogen and oxygen atoms in total. The molecule has 1 unspecified atom stereocenters. The quantitative estimate of drug-likeness (QED) is 0.809. The number of carbonyl (C=O) groups excluding carboxylic acids is 1. The zero-order chi connectivity index (χ0) is 12.3. The summed E-state index contributed by atoms with van der Waals surface area (Å²) in [6.07, 6.45) is 2.59. The molecule has 0 amide bonds. The number of nitrogens with one attached hydrogen (secondary N) is 1. The van der Waals surface area contributed by atoms with E-state index in [1.165, 1.54) is 18.2 Å². The Labute approximate surface area is 102 Å². The molecule has 0 aromatic heterocycles. The van der Waals surface area contributed by atoms with Crippen molar-refractivity contribution >= 4 is 5.97 Å². The van der Waals surface area contributed by atoms with Gasteiger partial charge >= 0.3 is 5.97 Å². The van der Waals surface area contributed by atoms with Crippen LogP contribution < -0.4 is 5.32 Å². The zero-order valence-corrected chi connectivity index (χ0v) is 10.5. The summed E-state index contributed by atoms with van der Waals surface area (Å²) in [6.45, 7) is 2.96. The summed E-state index contributed by atoms with van der Waals surface area (Å²) < 4.78 is 4.94. The molecule has 17 heavy (non-hydrogen) atoms. The van der Waals surface area contributed by atoms with Crippen molar-refractivity contribution in [3.05, 3.63) is 35.4 Å². The molecule has 0 saturated carbocycles. The molecule has 1 aliphatic rings. The number of rotatable bonds is 3. The van der Waals surface area contributed by atoms with Crippen LogP contribution in [0.2, 0.25) is 0 Å². The van der Waals surface area contributed by atoms with Gasteiger partial charge in [-0.1, -0.05) is 29.8 Å². The summed E-state index contributed by atoms with van der Waals surface area (Å²) in [5, 5.41) is 3.31. The fourth-order valence-electron chi connectivity index (χ4n) is 2.57. The lowest BCUT2D eigenvalue weighted by Crippen LogP contribution is -2.50. The SMILES string of the molecule is COC(=O)C1(Cc2cccc(C)c2)CCCN1. The van der Waals surface area contributed by atoms with Crippen LogP contribution in [-0.4, -0.2) is 25.2 Å². The highest BCUT2D eigenvalue weighted by Crippen LogP contribution is 2.25. The standard InChI is InChI=1S/C14H19NO2/c1-11-5-3-6-12(9-11)10-14(13(16)17-2)7-4-8-15-14/h3,5-6,9,15H,4,7-8,10H2,1-2H3. The van der Waals surface area contributed by atoms with E-state index in [-0.39, 0.29) is 5.97 Å². The molecule has 1 aromatic rings. The van der Waals surface area contributed by atoms with Gasteiger partial charge in [0.2, 0.25) is 0 Å². The molecule has 0 bridgehead atoms. The molecule has 0 aliphatic carbocycles. The second-order valence-corrected chi connectivity index (χ2v) is 4.77. The van der Waals surface area contributed by atoms with E-state index in [1.807, 2.05) is 6.07 Å². The summed E-state index contributed by atoms with van der Waals surface area (Å²) in [7, 11) is 1.46. The molecular formula is C14H19NO2. The maximum Gasteiger partial charge on any atom is 0.326 e. The van der Waals surface area contributed by atoms with Crippen molar-refractivity contribution in [2.24, 2.45) is 0 Å². The van der Waals surface area contributed by atoms with Gasteiger partial charge in [-0.25, -0.2) is 0 Å². The number of ether oxygens (including phenoxy) is 1. The Morgan fingerprint density at radius 2 is 2.35 bits per heavy atom. The number of carbonyl (C=O) groups is 1. The minimum atomic E-state index is -0.511. The summed E-state index contributed by atoms with van der Waals surface area (Å²) in [6, 6.07) is 8.30. The second kappa shape index (κ2) is 4.88. The van der Waals surface area contributed by atoms with Crippen molar-refractivity contribution in [1.29, 1.82) is 0 Å². The Kier molecular flexibility index (Phi) is 3.48. The van der Waals surface area contributed by atoms with E-state index in [0.717, 1.165) is 19.4 Å². The topological polar surface area (TPSA) is 38.3 Å². The van der Waals surface area contributed by atoms with Crippen LogP contribution in [0.1, 0.15) is 24.0 Å². The lowest BCUT2D eigenvalue weighted by molar-refractivity contribution is -0.148. The van der Waals surface area contributed by atoms with E-state index >= 15 is 0 Å². The van der Waals surface area contributed by atoms with E-state index < -0.39 is 5.54 Å². The van der Waals surface area contributed by atoms with Crippen LogP contribution in [0.4, 0.5) is 0 Å². The largest absolute Gasteiger partial charge is 0.468 e. The molecule has 1 atom stereocenters. The van der Waals surface area contributed by atoms with Crippen molar-refractivity contribution in [1.82, 2.24) is 5.32 Å². The van der Waals surface area contributed by atoms with Crippen LogP contribution in [0.15, 0.2) is 24.3 Å². The Bertz CT molecular complexity index is 408. The van der Waals surface area contributed by atoms with Crippen LogP contribution in [0.25, 0.3) is 0 Å². The van der Waals surface area contributed by atoms with E-state index in [2.05, 4.69) is 30.4 Å². The molecular weight excluding hydrogens is 214 g/mol. The zero-order valence-electron chi connectivity index (χ0n) is 10.5. The molecule has 0 spiro atoms. The summed E-state index contributed by atoms with van der Waals surface area (Å²) in [5.74, 6) is -0.142. The van der Waals surface area contributed by atoms with E-state index in [4.69, 9.17) is 4.74 Å². The van der Waals surface area contributed by atoms with Crippen LogP contribution >= 0.6 is 0 Å². The second-order valence-electron chi connectivity index (χ2n) is 4.77. The lowest BCUT2D eigenvalue weighted by Gasteiger charge is -2.26. The third kappa shape index (κ3) is 2.50. The maximum absolute atomic E-state index is 11.9. The van der Waals surface area contributed by atoms with Crippen LogP contribution in [0.3, 0.4) is 0 Å². The van der Waals surface area contributed by atoms with Crippen molar-refractivity contribution in [3.63, 3.8) is 0 Å². The van der Waals surface area contributed by atoms with Gasteiger partial charge < -0.3 is 10.1 Å². The smallest absolute Gasteiger partial charge is 0.326 e. The number of methoxy groups -OCH3 is 1. The Morgan fingerprint density at radius 1 is 1.53 bits per heavy atom. The lowest BCUT2D eigenvalue weighted by atomic mass is 9.89. The van der Waals surface area contributed by atoms with Crippen molar-refractivity contribution in [3.8, 4) is 0 Å². The molecule has 1 aliphatic heterocycles. The van der Waals surface area contributed by atoms with Gasteiger partial charge in [0.25, 0.3) is 0 Å². The number of hydrogen-bond donors (Lipinski definition) is 1. The fourth-order valence-corrected chi connectivity index (χ4v) is 2.57. The number of aryl methyl sites for hydroxylation is 1. The normalized spacial score (nSPS) is 23.6. The molecule has 1 saturated heterocycles. The molecule has 0 radical (unpaired) electrons. The molecule has 3 heteroatoms. The Morgan fingerprint density at radius 3 is 2.94 bits per heavy atom. The van der Waals surface area contributed by atoms with Gasteiger partial charge in [0.1, 0.15) is 5.54 Å². The first-order chi connectivity index (χ1) is 8.16. The molecule has 1 heterocycles. The predicted molar refractivity (Wildman–Crippen MR) is 66.9 cm³/mol. The van der Waals surface area contributed by atoms with Gasteiger partial charge in [-0.15, -0.1) is 0 Å². The van der Waals surface area contributed by atoms with Crippen molar-refractivity contribution in [2.45, 2.75) is 31.7 Å². The first-order valence-electron chi connectivity index (χ1n) is 6.05. The highest BCUT2D eigenvalue weighted by molar-refractivity contribution is 5.81. The Balaban J connectivity index is 2.21. The number of hydrogen-bond acceptors (Lipinski definition) is 3. The average molecular weight is 233 g/mol. The Hall–Kier alpha value is -1.35. The van der Waals surface area contributed by atoms with Crippen LogP contribution in [-0.2, 0) is 16.0 Å². The highest BCUT2D eigenvalue weighted by Gasteiger charge is 2.41. The first kappa shape index (κ1) is 12.1. The van der Waals surface area contributed by atoms with Crippen molar-refractivity contribution < 1.29 is 9.53 Å². The van der Waals surface area contributed by atoms with Gasteiger partial charge in [-0.2, -0.15) is 0 Å². The van der Waals surface area contributed by atoms with Gasteiger partial charge in [0.15, 0.2) is 0 Å². The molecule has 1 N–H and O–H groups in total.